The van der Waals surface area contributed by atoms with Gasteiger partial charge in [-0.1, -0.05) is 6.08 Å². The lowest BCUT2D eigenvalue weighted by molar-refractivity contribution is -0.192. The Morgan fingerprint density at radius 1 is 1.32 bits per heavy atom. The number of rotatable bonds is 1. The van der Waals surface area contributed by atoms with E-state index in [1.165, 1.54) is 12.4 Å². The van der Waals surface area contributed by atoms with E-state index in [1.54, 1.807) is 0 Å². The van der Waals surface area contributed by atoms with E-state index >= 15 is 0 Å². The second kappa shape index (κ2) is 6.23. The quantitative estimate of drug-likeness (QED) is 0.756. The van der Waals surface area contributed by atoms with Crippen LogP contribution in [0, 0.1) is 5.82 Å². The van der Waals surface area contributed by atoms with Crippen LogP contribution in [-0.4, -0.2) is 40.3 Å². The lowest BCUT2D eigenvalue weighted by Crippen LogP contribution is -2.21. The predicted molar refractivity (Wildman–Crippen MR) is 56.5 cm³/mol. The van der Waals surface area contributed by atoms with Crippen LogP contribution in [0.25, 0.3) is 5.57 Å². The molecule has 104 valence electrons. The Kier molecular flexibility index (Phi) is 4.93. The molecule has 1 aromatic heterocycles. The van der Waals surface area contributed by atoms with E-state index in [4.69, 9.17) is 9.90 Å². The Labute approximate surface area is 105 Å². The number of hydrogen-bond donors (Lipinski definition) is 2. The average Bonchev–Trinajstić information content (AvgIpc) is 2.83. The van der Waals surface area contributed by atoms with E-state index in [1.807, 2.05) is 6.08 Å². The van der Waals surface area contributed by atoms with E-state index in [2.05, 4.69) is 15.3 Å². The Bertz CT molecular complexity index is 471. The van der Waals surface area contributed by atoms with Gasteiger partial charge in [0, 0.05) is 18.7 Å². The molecule has 2 heterocycles. The molecule has 0 spiro atoms. The number of carbonyl (C=O) groups is 1. The van der Waals surface area contributed by atoms with Crippen molar-refractivity contribution in [3.8, 4) is 0 Å². The monoisotopic (exact) mass is 279 g/mol. The normalized spacial score (nSPS) is 14.4. The van der Waals surface area contributed by atoms with E-state index in [-0.39, 0.29) is 0 Å². The maximum absolute atomic E-state index is 12.4. The van der Waals surface area contributed by atoms with Crippen LogP contribution in [0.2, 0.25) is 0 Å². The van der Waals surface area contributed by atoms with Crippen LogP contribution in [0.3, 0.4) is 0 Å². The first kappa shape index (κ1) is 15.0. The van der Waals surface area contributed by atoms with Crippen LogP contribution in [-0.2, 0) is 4.79 Å². The van der Waals surface area contributed by atoms with E-state index in [0.717, 1.165) is 18.7 Å². The number of carboxylic acids is 1. The predicted octanol–water partition coefficient (Wildman–Crippen LogP) is 1.24. The third kappa shape index (κ3) is 5.00. The molecule has 0 aliphatic carbocycles. The summed E-state index contributed by atoms with van der Waals surface area (Å²) < 4.78 is 44.1. The van der Waals surface area contributed by atoms with Crippen molar-refractivity contribution >= 4 is 11.5 Å². The van der Waals surface area contributed by atoms with Gasteiger partial charge in [-0.15, -0.1) is 0 Å². The fraction of sp³-hybridized carbons (Fsp3) is 0.300. The largest absolute Gasteiger partial charge is 0.490 e. The lowest BCUT2D eigenvalue weighted by atomic mass is 10.2. The third-order valence-corrected chi connectivity index (χ3v) is 1.96. The van der Waals surface area contributed by atoms with Crippen molar-refractivity contribution in [1.82, 2.24) is 15.3 Å². The molecule has 0 fully saturated rings. The highest BCUT2D eigenvalue weighted by molar-refractivity contribution is 5.73. The number of nitrogens with one attached hydrogen (secondary N) is 1. The zero-order chi connectivity index (χ0) is 14.5. The summed E-state index contributed by atoms with van der Waals surface area (Å²) in [6.45, 7) is 1.61. The van der Waals surface area contributed by atoms with Crippen LogP contribution in [0.4, 0.5) is 17.6 Å². The first-order valence-electron chi connectivity index (χ1n) is 4.98. The fourth-order valence-corrected chi connectivity index (χ4v) is 1.12. The minimum absolute atomic E-state index is 0.398. The Balaban J connectivity index is 0.000000224. The van der Waals surface area contributed by atoms with Crippen LogP contribution in [0.15, 0.2) is 18.5 Å². The van der Waals surface area contributed by atoms with Gasteiger partial charge < -0.3 is 10.4 Å². The third-order valence-electron chi connectivity index (χ3n) is 1.96. The molecular weight excluding hydrogens is 270 g/mol. The number of carboxylic acid groups (broad SMARTS) is 1. The zero-order valence-electron chi connectivity index (χ0n) is 9.41. The van der Waals surface area contributed by atoms with E-state index in [0.29, 0.717) is 5.82 Å². The molecule has 0 bridgehead atoms. The highest BCUT2D eigenvalue weighted by Crippen LogP contribution is 2.13. The molecule has 0 unspecified atom stereocenters. The van der Waals surface area contributed by atoms with Crippen molar-refractivity contribution < 1.29 is 27.5 Å². The van der Waals surface area contributed by atoms with Crippen LogP contribution in [0.1, 0.15) is 5.82 Å². The van der Waals surface area contributed by atoms with Crippen molar-refractivity contribution in [2.75, 3.05) is 13.1 Å². The number of alkyl halides is 3. The minimum atomic E-state index is -5.08. The second-order valence-electron chi connectivity index (χ2n) is 3.39. The SMILES string of the molecule is Fc1cnc(C2=CCNC2)nc1.O=C(O)C(F)(F)F. The van der Waals surface area contributed by atoms with Crippen molar-refractivity contribution in [1.29, 1.82) is 0 Å². The number of aliphatic carboxylic acids is 1. The highest BCUT2D eigenvalue weighted by atomic mass is 19.4. The van der Waals surface area contributed by atoms with Gasteiger partial charge in [0.15, 0.2) is 11.6 Å². The van der Waals surface area contributed by atoms with Crippen LogP contribution >= 0.6 is 0 Å². The van der Waals surface area contributed by atoms with Crippen molar-refractivity contribution in [2.45, 2.75) is 6.18 Å². The molecule has 5 nitrogen and oxygen atoms in total. The van der Waals surface area contributed by atoms with Gasteiger partial charge in [-0.3, -0.25) is 0 Å². The van der Waals surface area contributed by atoms with Crippen molar-refractivity contribution in [2.24, 2.45) is 0 Å². The van der Waals surface area contributed by atoms with Crippen molar-refractivity contribution in [3.05, 3.63) is 30.1 Å². The summed E-state index contributed by atoms with van der Waals surface area (Å²) in [6.07, 6.45) is -0.712. The minimum Gasteiger partial charge on any atom is -0.475 e. The van der Waals surface area contributed by atoms with E-state index in [9.17, 15) is 17.6 Å². The van der Waals surface area contributed by atoms with Crippen LogP contribution < -0.4 is 5.32 Å². The summed E-state index contributed by atoms with van der Waals surface area (Å²) in [7, 11) is 0. The fourth-order valence-electron chi connectivity index (χ4n) is 1.12. The molecule has 1 aliphatic rings. The maximum Gasteiger partial charge on any atom is 0.490 e. The molecule has 2 rings (SSSR count). The summed E-state index contributed by atoms with van der Waals surface area (Å²) in [6, 6.07) is 0. The Morgan fingerprint density at radius 3 is 2.21 bits per heavy atom. The standard InChI is InChI=1S/C8H8FN3.C2HF3O2/c9-7-4-11-8(12-5-7)6-1-2-10-3-6;3-2(4,5)1(6)7/h1,4-5,10H,2-3H2;(H,6,7). The second-order valence-corrected chi connectivity index (χ2v) is 3.39. The summed E-state index contributed by atoms with van der Waals surface area (Å²) in [5, 5.41) is 10.2. The van der Waals surface area contributed by atoms with E-state index < -0.39 is 18.0 Å². The van der Waals surface area contributed by atoms with Gasteiger partial charge in [-0.05, 0) is 0 Å². The molecule has 0 aromatic carbocycles. The number of hydrogen-bond acceptors (Lipinski definition) is 4. The molecule has 1 aromatic rings. The van der Waals surface area contributed by atoms with Gasteiger partial charge >= 0.3 is 12.1 Å². The number of aromatic nitrogens is 2. The summed E-state index contributed by atoms with van der Waals surface area (Å²) >= 11 is 0. The summed E-state index contributed by atoms with van der Waals surface area (Å²) in [5.74, 6) is -2.54. The first-order chi connectivity index (χ1) is 8.80. The van der Waals surface area contributed by atoms with Gasteiger partial charge in [0.2, 0.25) is 0 Å². The van der Waals surface area contributed by atoms with Crippen molar-refractivity contribution in [3.63, 3.8) is 0 Å². The first-order valence-corrected chi connectivity index (χ1v) is 4.98. The molecule has 2 N–H and O–H groups in total. The summed E-state index contributed by atoms with van der Waals surface area (Å²) in [4.78, 5) is 16.6. The van der Waals surface area contributed by atoms with Gasteiger partial charge in [0.05, 0.1) is 12.4 Å². The molecule has 19 heavy (non-hydrogen) atoms. The Morgan fingerprint density at radius 2 is 1.84 bits per heavy atom. The van der Waals surface area contributed by atoms with Crippen LogP contribution in [0.5, 0.6) is 0 Å². The van der Waals surface area contributed by atoms with Gasteiger partial charge in [-0.25, -0.2) is 19.2 Å². The molecular formula is C10H9F4N3O2. The molecule has 0 saturated carbocycles. The van der Waals surface area contributed by atoms with Gasteiger partial charge in [0.1, 0.15) is 0 Å². The number of halogens is 4. The van der Waals surface area contributed by atoms with Gasteiger partial charge in [-0.2, -0.15) is 13.2 Å². The molecule has 1 aliphatic heterocycles. The summed E-state index contributed by atoms with van der Waals surface area (Å²) in [5.41, 5.74) is 1.04. The average molecular weight is 279 g/mol. The smallest absolute Gasteiger partial charge is 0.475 e. The lowest BCUT2D eigenvalue weighted by Gasteiger charge is -1.97. The molecule has 9 heteroatoms. The van der Waals surface area contributed by atoms with Gasteiger partial charge in [0.25, 0.3) is 0 Å². The molecule has 0 radical (unpaired) electrons. The molecule has 0 atom stereocenters. The maximum atomic E-state index is 12.4. The highest BCUT2D eigenvalue weighted by Gasteiger charge is 2.38. The Hall–Kier alpha value is -2.03. The molecule has 0 amide bonds. The number of nitrogens with zero attached hydrogens (tertiary/aromatic N) is 2. The topological polar surface area (TPSA) is 75.1 Å². The molecule has 0 saturated heterocycles. The zero-order valence-corrected chi connectivity index (χ0v) is 9.41.